The summed E-state index contributed by atoms with van der Waals surface area (Å²) in [5.74, 6) is 0.838. The van der Waals surface area contributed by atoms with Gasteiger partial charge in [-0.15, -0.1) is 0 Å². The minimum Gasteiger partial charge on any atom is -0.497 e. The monoisotopic (exact) mass is 342 g/mol. The molecule has 0 aliphatic heterocycles. The molecular formula is C17H15BrN2O. The summed E-state index contributed by atoms with van der Waals surface area (Å²) in [5, 5.41) is 5.79. The lowest BCUT2D eigenvalue weighted by atomic mass is 10.1. The molecule has 1 heterocycles. The number of aromatic nitrogens is 1. The van der Waals surface area contributed by atoms with E-state index < -0.39 is 0 Å². The molecule has 0 saturated heterocycles. The number of nitrogens with zero attached hydrogens (tertiary/aromatic N) is 1. The van der Waals surface area contributed by atoms with Crippen LogP contribution in [0.15, 0.2) is 59.3 Å². The highest BCUT2D eigenvalue weighted by Crippen LogP contribution is 2.27. The number of methoxy groups -OCH3 is 1. The summed E-state index contributed by atoms with van der Waals surface area (Å²) in [4.78, 5) is 4.13. The third-order valence-corrected chi connectivity index (χ3v) is 4.05. The fourth-order valence-electron chi connectivity index (χ4n) is 2.21. The number of halogens is 1. The first-order valence-corrected chi connectivity index (χ1v) is 7.45. The highest BCUT2D eigenvalue weighted by molar-refractivity contribution is 9.10. The lowest BCUT2D eigenvalue weighted by Crippen LogP contribution is -2.00. The van der Waals surface area contributed by atoms with Gasteiger partial charge in [0.05, 0.1) is 12.8 Å². The largest absolute Gasteiger partial charge is 0.497 e. The topological polar surface area (TPSA) is 34.1 Å². The van der Waals surface area contributed by atoms with Gasteiger partial charge in [0.1, 0.15) is 5.75 Å². The van der Waals surface area contributed by atoms with E-state index in [0.29, 0.717) is 0 Å². The van der Waals surface area contributed by atoms with Crippen molar-refractivity contribution in [2.75, 3.05) is 12.4 Å². The second-order valence-electron chi connectivity index (χ2n) is 4.76. The van der Waals surface area contributed by atoms with Crippen LogP contribution >= 0.6 is 15.9 Å². The molecule has 0 atom stereocenters. The summed E-state index contributed by atoms with van der Waals surface area (Å²) in [6.45, 7) is 0.754. The molecule has 106 valence electrons. The molecule has 1 aromatic heterocycles. The second-order valence-corrected chi connectivity index (χ2v) is 5.61. The van der Waals surface area contributed by atoms with Crippen molar-refractivity contribution in [1.82, 2.24) is 4.98 Å². The second kappa shape index (κ2) is 6.14. The maximum atomic E-state index is 5.25. The summed E-state index contributed by atoms with van der Waals surface area (Å²) in [6, 6.07) is 14.3. The number of fused-ring (bicyclic) bond motifs is 1. The van der Waals surface area contributed by atoms with E-state index in [1.165, 1.54) is 10.9 Å². The van der Waals surface area contributed by atoms with Crippen LogP contribution in [0.3, 0.4) is 0 Å². The van der Waals surface area contributed by atoms with Gasteiger partial charge in [-0.3, -0.25) is 4.98 Å². The van der Waals surface area contributed by atoms with E-state index in [1.807, 2.05) is 36.7 Å². The molecule has 0 saturated carbocycles. The van der Waals surface area contributed by atoms with Crippen LogP contribution in [-0.4, -0.2) is 12.1 Å². The van der Waals surface area contributed by atoms with Gasteiger partial charge in [-0.05, 0) is 51.1 Å². The number of rotatable bonds is 4. The first kappa shape index (κ1) is 13.9. The van der Waals surface area contributed by atoms with Crippen LogP contribution in [0, 0.1) is 0 Å². The predicted molar refractivity (Wildman–Crippen MR) is 89.8 cm³/mol. The maximum absolute atomic E-state index is 5.25. The van der Waals surface area contributed by atoms with Crippen molar-refractivity contribution in [2.45, 2.75) is 6.54 Å². The van der Waals surface area contributed by atoms with Crippen LogP contribution in [0.1, 0.15) is 5.56 Å². The van der Waals surface area contributed by atoms with Crippen molar-refractivity contribution in [3.05, 3.63) is 64.9 Å². The van der Waals surface area contributed by atoms with E-state index in [4.69, 9.17) is 4.74 Å². The summed E-state index contributed by atoms with van der Waals surface area (Å²) in [7, 11) is 1.67. The molecule has 4 heteroatoms. The molecule has 2 aromatic carbocycles. The maximum Gasteiger partial charge on any atom is 0.121 e. The van der Waals surface area contributed by atoms with Crippen molar-refractivity contribution in [3.8, 4) is 5.75 Å². The van der Waals surface area contributed by atoms with E-state index in [0.717, 1.165) is 27.8 Å². The number of nitrogens with one attached hydrogen (secondary N) is 1. The molecule has 1 N–H and O–H groups in total. The number of pyridine rings is 1. The van der Waals surface area contributed by atoms with Gasteiger partial charge in [-0.25, -0.2) is 0 Å². The minimum absolute atomic E-state index is 0.754. The number of hydrogen-bond donors (Lipinski definition) is 1. The zero-order valence-corrected chi connectivity index (χ0v) is 13.2. The quantitative estimate of drug-likeness (QED) is 0.751. The normalized spacial score (nSPS) is 10.6. The Morgan fingerprint density at radius 2 is 2.00 bits per heavy atom. The molecule has 0 unspecified atom stereocenters. The Bertz CT molecular complexity index is 774. The molecule has 0 radical (unpaired) electrons. The van der Waals surface area contributed by atoms with E-state index in [-0.39, 0.29) is 0 Å². The third kappa shape index (κ3) is 3.16. The smallest absolute Gasteiger partial charge is 0.121 e. The average molecular weight is 343 g/mol. The van der Waals surface area contributed by atoms with Crippen LogP contribution in [0.5, 0.6) is 5.75 Å². The number of benzene rings is 2. The lowest BCUT2D eigenvalue weighted by Gasteiger charge is -2.11. The fourth-order valence-corrected chi connectivity index (χ4v) is 2.59. The summed E-state index contributed by atoms with van der Waals surface area (Å²) in [5.41, 5.74) is 2.24. The Labute approximate surface area is 132 Å². The van der Waals surface area contributed by atoms with Crippen molar-refractivity contribution in [2.24, 2.45) is 0 Å². The summed E-state index contributed by atoms with van der Waals surface area (Å²) in [6.07, 6.45) is 3.70. The third-order valence-electron chi connectivity index (χ3n) is 3.36. The van der Waals surface area contributed by atoms with Crippen molar-refractivity contribution in [1.29, 1.82) is 0 Å². The molecule has 0 amide bonds. The standard InChI is InChI=1S/C17H15BrN2O/c1-21-15-4-5-16(18)17(9-15)20-10-12-2-3-14-11-19-7-6-13(14)8-12/h2-9,11,20H,10H2,1H3. The molecule has 21 heavy (non-hydrogen) atoms. The average Bonchev–Trinajstić information content (AvgIpc) is 2.54. The van der Waals surface area contributed by atoms with E-state index in [1.54, 1.807) is 7.11 Å². The van der Waals surface area contributed by atoms with Gasteiger partial charge in [0, 0.05) is 34.9 Å². The first-order valence-electron chi connectivity index (χ1n) is 6.66. The Kier molecular flexibility index (Phi) is 4.06. The number of anilines is 1. The Hall–Kier alpha value is -2.07. The molecule has 0 aliphatic carbocycles. The summed E-state index contributed by atoms with van der Waals surface area (Å²) >= 11 is 3.55. The van der Waals surface area contributed by atoms with Crippen LogP contribution in [0.4, 0.5) is 5.69 Å². The minimum atomic E-state index is 0.754. The first-order chi connectivity index (χ1) is 10.3. The van der Waals surface area contributed by atoms with E-state index in [2.05, 4.69) is 44.4 Å². The number of ether oxygens (including phenoxy) is 1. The SMILES string of the molecule is COc1ccc(Br)c(NCc2ccc3cnccc3c2)c1. The van der Waals surface area contributed by atoms with Gasteiger partial charge < -0.3 is 10.1 Å². The van der Waals surface area contributed by atoms with Crippen molar-refractivity contribution in [3.63, 3.8) is 0 Å². The van der Waals surface area contributed by atoms with Gasteiger partial charge in [0.25, 0.3) is 0 Å². The van der Waals surface area contributed by atoms with Crippen LogP contribution < -0.4 is 10.1 Å². The highest BCUT2D eigenvalue weighted by atomic mass is 79.9. The van der Waals surface area contributed by atoms with Crippen molar-refractivity contribution >= 4 is 32.4 Å². The Morgan fingerprint density at radius 1 is 1.10 bits per heavy atom. The van der Waals surface area contributed by atoms with Gasteiger partial charge in [0.2, 0.25) is 0 Å². The lowest BCUT2D eigenvalue weighted by molar-refractivity contribution is 0.415. The summed E-state index contributed by atoms with van der Waals surface area (Å²) < 4.78 is 6.27. The molecule has 0 spiro atoms. The highest BCUT2D eigenvalue weighted by Gasteiger charge is 2.02. The molecule has 3 nitrogen and oxygen atoms in total. The van der Waals surface area contributed by atoms with Crippen LogP contribution in [0.2, 0.25) is 0 Å². The molecular weight excluding hydrogens is 328 g/mol. The number of hydrogen-bond acceptors (Lipinski definition) is 3. The predicted octanol–water partition coefficient (Wildman–Crippen LogP) is 4.62. The van der Waals surface area contributed by atoms with Crippen LogP contribution in [-0.2, 0) is 6.54 Å². The molecule has 0 bridgehead atoms. The van der Waals surface area contributed by atoms with Gasteiger partial charge in [-0.2, -0.15) is 0 Å². The van der Waals surface area contributed by atoms with Crippen LogP contribution in [0.25, 0.3) is 10.8 Å². The fraction of sp³-hybridized carbons (Fsp3) is 0.118. The Balaban J connectivity index is 1.80. The molecule has 0 aliphatic rings. The van der Waals surface area contributed by atoms with Crippen molar-refractivity contribution < 1.29 is 4.74 Å². The van der Waals surface area contributed by atoms with Gasteiger partial charge in [-0.1, -0.05) is 12.1 Å². The zero-order chi connectivity index (χ0) is 14.7. The zero-order valence-electron chi connectivity index (χ0n) is 11.6. The molecule has 3 rings (SSSR count). The van der Waals surface area contributed by atoms with Gasteiger partial charge in [0.15, 0.2) is 0 Å². The Morgan fingerprint density at radius 3 is 2.86 bits per heavy atom. The van der Waals surface area contributed by atoms with E-state index >= 15 is 0 Å². The molecule has 0 fully saturated rings. The van der Waals surface area contributed by atoms with Gasteiger partial charge >= 0.3 is 0 Å². The van der Waals surface area contributed by atoms with E-state index in [9.17, 15) is 0 Å². The molecule has 3 aromatic rings.